The quantitative estimate of drug-likeness (QED) is 0.418. The van der Waals surface area contributed by atoms with Crippen molar-refractivity contribution in [2.24, 2.45) is 5.41 Å². The number of nitrogens with zero attached hydrogens (tertiary/aromatic N) is 2. The molecule has 2 saturated heterocycles. The number of carbonyl (C=O) groups excluding carboxylic acids is 5. The number of pyridine rings is 1. The predicted octanol–water partition coefficient (Wildman–Crippen LogP) is 3.18. The van der Waals surface area contributed by atoms with Gasteiger partial charge in [-0.25, -0.2) is 9.59 Å². The van der Waals surface area contributed by atoms with Gasteiger partial charge in [0.05, 0.1) is 5.52 Å². The molecular weight excluding hydrogens is 526 g/mol. The summed E-state index contributed by atoms with van der Waals surface area (Å²) in [7, 11) is 0. The van der Waals surface area contributed by atoms with Gasteiger partial charge in [0.1, 0.15) is 11.8 Å². The van der Waals surface area contributed by atoms with E-state index < -0.39 is 47.0 Å². The third-order valence-corrected chi connectivity index (χ3v) is 7.23. The minimum atomic E-state index is -1.90. The molecule has 0 bridgehead atoms. The van der Waals surface area contributed by atoms with Crippen LogP contribution in [0.1, 0.15) is 54.4 Å². The first kappa shape index (κ1) is 27.8. The third-order valence-electron chi connectivity index (χ3n) is 7.23. The van der Waals surface area contributed by atoms with Crippen molar-refractivity contribution in [2.45, 2.75) is 52.3 Å². The second kappa shape index (κ2) is 10.3. The summed E-state index contributed by atoms with van der Waals surface area (Å²) in [4.78, 5) is 70.0. The number of carbonyl (C=O) groups is 5. The van der Waals surface area contributed by atoms with Gasteiger partial charge in [-0.05, 0) is 75.9 Å². The van der Waals surface area contributed by atoms with Gasteiger partial charge in [-0.1, -0.05) is 30.3 Å². The summed E-state index contributed by atoms with van der Waals surface area (Å²) >= 11 is 0. The molecule has 1 aromatic heterocycles. The molecule has 2 aliphatic rings. The van der Waals surface area contributed by atoms with Crippen LogP contribution in [0, 0.1) is 12.3 Å². The average Bonchev–Trinajstić information content (AvgIpc) is 3.27. The van der Waals surface area contributed by atoms with Crippen LogP contribution in [0.4, 0.5) is 9.59 Å². The maximum Gasteiger partial charge on any atom is 0.411 e. The third kappa shape index (κ3) is 5.34. The largest absolute Gasteiger partial charge is 0.444 e. The van der Waals surface area contributed by atoms with E-state index in [0.717, 1.165) is 32.6 Å². The van der Waals surface area contributed by atoms with Crippen molar-refractivity contribution >= 4 is 40.7 Å². The lowest BCUT2D eigenvalue weighted by atomic mass is 9.80. The highest BCUT2D eigenvalue weighted by Crippen LogP contribution is 2.39. The fraction of sp³-hybridized carbons (Fsp3) is 0.333. The Morgan fingerprint density at radius 2 is 1.71 bits per heavy atom. The van der Waals surface area contributed by atoms with E-state index in [2.05, 4.69) is 20.9 Å². The highest BCUT2D eigenvalue weighted by molar-refractivity contribution is 6.20. The Hall–Kier alpha value is -4.80. The van der Waals surface area contributed by atoms with E-state index in [4.69, 9.17) is 4.74 Å². The van der Waals surface area contributed by atoms with Crippen LogP contribution in [0.5, 0.6) is 0 Å². The molecule has 212 valence electrons. The van der Waals surface area contributed by atoms with Crippen LogP contribution in [0.2, 0.25) is 0 Å². The monoisotopic (exact) mass is 557 g/mol. The number of likely N-dealkylation sites (tertiary alicyclic amines) is 1. The number of aryl methyl sites for hydroxylation is 1. The SMILES string of the molecule is Cc1cc(Cc2ccc(C(=O)NC3N(C(=O)OC(C)(C)C)CCC34C(=O)NC(=O)NC4=O)cc2)c2ccccc2n1. The molecular formula is C30H31N5O6. The molecule has 11 heteroatoms. The molecule has 3 N–H and O–H groups in total. The second-order valence-corrected chi connectivity index (χ2v) is 11.3. The number of benzene rings is 2. The van der Waals surface area contributed by atoms with E-state index in [9.17, 15) is 24.0 Å². The number of aromatic nitrogens is 1. The van der Waals surface area contributed by atoms with Crippen LogP contribution < -0.4 is 16.0 Å². The van der Waals surface area contributed by atoms with E-state index in [1.807, 2.05) is 49.4 Å². The van der Waals surface area contributed by atoms with Crippen LogP contribution in [-0.2, 0) is 20.7 Å². The van der Waals surface area contributed by atoms with E-state index in [-0.39, 0.29) is 18.5 Å². The first-order chi connectivity index (χ1) is 19.4. The maximum absolute atomic E-state index is 13.4. The lowest BCUT2D eigenvalue weighted by Crippen LogP contribution is -2.69. The normalized spacial score (nSPS) is 18.3. The highest BCUT2D eigenvalue weighted by Gasteiger charge is 2.63. The van der Waals surface area contributed by atoms with Gasteiger partial charge in [-0.3, -0.25) is 34.9 Å². The van der Waals surface area contributed by atoms with Crippen molar-refractivity contribution in [1.29, 1.82) is 0 Å². The fourth-order valence-corrected chi connectivity index (χ4v) is 5.33. The Balaban J connectivity index is 1.40. The van der Waals surface area contributed by atoms with Crippen LogP contribution in [0.25, 0.3) is 10.9 Å². The van der Waals surface area contributed by atoms with Gasteiger partial charge in [0, 0.05) is 23.2 Å². The maximum atomic E-state index is 13.4. The van der Waals surface area contributed by atoms with Gasteiger partial charge in [0.15, 0.2) is 5.41 Å². The van der Waals surface area contributed by atoms with E-state index in [1.165, 1.54) is 0 Å². The van der Waals surface area contributed by atoms with Gasteiger partial charge in [0.2, 0.25) is 11.8 Å². The molecule has 1 unspecified atom stereocenters. The molecule has 5 rings (SSSR count). The summed E-state index contributed by atoms with van der Waals surface area (Å²) in [6.07, 6.45) is -1.67. The smallest absolute Gasteiger partial charge is 0.411 e. The molecule has 0 radical (unpaired) electrons. The van der Waals surface area contributed by atoms with Gasteiger partial charge < -0.3 is 10.1 Å². The van der Waals surface area contributed by atoms with Crippen molar-refractivity contribution in [3.8, 4) is 0 Å². The number of hydrogen-bond acceptors (Lipinski definition) is 7. The molecule has 3 heterocycles. The van der Waals surface area contributed by atoms with Gasteiger partial charge in [-0.15, -0.1) is 0 Å². The number of imide groups is 2. The Labute approximate surface area is 236 Å². The van der Waals surface area contributed by atoms with Crippen molar-refractivity contribution in [3.05, 3.63) is 77.0 Å². The molecule has 1 spiro atoms. The lowest BCUT2D eigenvalue weighted by molar-refractivity contribution is -0.146. The first-order valence-electron chi connectivity index (χ1n) is 13.3. The topological polar surface area (TPSA) is 147 Å². The van der Waals surface area contributed by atoms with Crippen molar-refractivity contribution in [2.75, 3.05) is 6.54 Å². The van der Waals surface area contributed by atoms with Crippen LogP contribution in [0.15, 0.2) is 54.6 Å². The molecule has 3 aromatic rings. The zero-order valence-corrected chi connectivity index (χ0v) is 23.2. The number of para-hydroxylation sites is 1. The molecule has 2 aliphatic heterocycles. The Bertz CT molecular complexity index is 1560. The molecule has 2 aromatic carbocycles. The van der Waals surface area contributed by atoms with Crippen LogP contribution in [0.3, 0.4) is 0 Å². The van der Waals surface area contributed by atoms with Crippen molar-refractivity contribution in [1.82, 2.24) is 25.8 Å². The van der Waals surface area contributed by atoms with Gasteiger partial charge in [-0.2, -0.15) is 0 Å². The Morgan fingerprint density at radius 3 is 2.37 bits per heavy atom. The van der Waals surface area contributed by atoms with Gasteiger partial charge >= 0.3 is 12.1 Å². The summed E-state index contributed by atoms with van der Waals surface area (Å²) in [6, 6.07) is 15.9. The van der Waals surface area contributed by atoms with E-state index in [1.54, 1.807) is 32.9 Å². The zero-order chi connectivity index (χ0) is 29.5. The molecule has 2 fully saturated rings. The van der Waals surface area contributed by atoms with Crippen LogP contribution in [-0.4, -0.2) is 58.0 Å². The van der Waals surface area contributed by atoms with Crippen molar-refractivity contribution in [3.63, 3.8) is 0 Å². The number of hydrogen-bond donors (Lipinski definition) is 3. The lowest BCUT2D eigenvalue weighted by Gasteiger charge is -2.38. The van der Waals surface area contributed by atoms with E-state index >= 15 is 0 Å². The number of rotatable bonds is 4. The number of ether oxygens (including phenoxy) is 1. The summed E-state index contributed by atoms with van der Waals surface area (Å²) in [5, 5.41) is 7.94. The summed E-state index contributed by atoms with van der Waals surface area (Å²) in [6.45, 7) is 6.94. The average molecular weight is 558 g/mol. The fourth-order valence-electron chi connectivity index (χ4n) is 5.33. The standard InChI is InChI=1S/C30H31N5O6/c1-17-15-20(21-7-5-6-8-22(21)31-17)16-18-9-11-19(12-10-18)23(36)32-24-30(25(37)33-27(39)34-26(30)38)13-14-35(24)28(40)41-29(2,3)4/h5-12,15,24H,13-14,16H2,1-4H3,(H,32,36)(H2,33,34,37,38,39). The first-order valence-corrected chi connectivity index (χ1v) is 13.3. The minimum absolute atomic E-state index is 0.0485. The number of fused-ring (bicyclic) bond motifs is 1. The van der Waals surface area contributed by atoms with Gasteiger partial charge in [0.25, 0.3) is 5.91 Å². The number of nitrogens with one attached hydrogen (secondary N) is 3. The molecule has 6 amide bonds. The second-order valence-electron chi connectivity index (χ2n) is 11.3. The molecule has 0 saturated carbocycles. The molecule has 1 atom stereocenters. The Kier molecular flexibility index (Phi) is 6.98. The summed E-state index contributed by atoms with van der Waals surface area (Å²) in [5.41, 5.74) is 1.40. The number of barbiturate groups is 1. The molecule has 0 aliphatic carbocycles. The number of amides is 6. The summed E-state index contributed by atoms with van der Waals surface area (Å²) in [5.74, 6) is -2.38. The van der Waals surface area contributed by atoms with Crippen molar-refractivity contribution < 1.29 is 28.7 Å². The predicted molar refractivity (Wildman–Crippen MR) is 149 cm³/mol. The summed E-state index contributed by atoms with van der Waals surface area (Å²) < 4.78 is 5.48. The molecule has 41 heavy (non-hydrogen) atoms. The minimum Gasteiger partial charge on any atom is -0.444 e. The molecule has 11 nitrogen and oxygen atoms in total. The zero-order valence-electron chi connectivity index (χ0n) is 23.2. The highest BCUT2D eigenvalue weighted by atomic mass is 16.6. The number of urea groups is 1. The van der Waals surface area contributed by atoms with E-state index in [0.29, 0.717) is 6.42 Å². The Morgan fingerprint density at radius 1 is 1.05 bits per heavy atom. The van der Waals surface area contributed by atoms with Crippen LogP contribution >= 0.6 is 0 Å².